The number of hydrogen-bond donors (Lipinski definition) is 1. The Morgan fingerprint density at radius 2 is 2.06 bits per heavy atom. The van der Waals surface area contributed by atoms with Crippen molar-refractivity contribution in [2.24, 2.45) is 5.73 Å². The molecule has 96 valence electrons. The van der Waals surface area contributed by atoms with E-state index in [-0.39, 0.29) is 11.8 Å². The average molecular weight is 255 g/mol. The molecule has 1 rings (SSSR count). The van der Waals surface area contributed by atoms with Crippen LogP contribution < -0.4 is 5.73 Å². The van der Waals surface area contributed by atoms with Crippen molar-refractivity contribution >= 4 is 9.84 Å². The van der Waals surface area contributed by atoms with Crippen LogP contribution in [-0.2, 0) is 9.84 Å². The van der Waals surface area contributed by atoms with Gasteiger partial charge in [-0.25, -0.2) is 8.42 Å². The fraction of sp³-hybridized carbons (Fsp3) is 0.538. The molecule has 1 atom stereocenters. The van der Waals surface area contributed by atoms with Crippen LogP contribution in [0.1, 0.15) is 31.7 Å². The fourth-order valence-corrected chi connectivity index (χ4v) is 3.10. The Bertz CT molecular complexity index is 454. The first kappa shape index (κ1) is 14.2. The normalized spacial score (nSPS) is 13.6. The first-order valence-corrected chi connectivity index (χ1v) is 7.66. The highest BCUT2D eigenvalue weighted by molar-refractivity contribution is 7.91. The molecule has 0 saturated carbocycles. The van der Waals surface area contributed by atoms with Crippen molar-refractivity contribution in [1.29, 1.82) is 0 Å². The summed E-state index contributed by atoms with van der Waals surface area (Å²) in [5.41, 5.74) is 6.74. The summed E-state index contributed by atoms with van der Waals surface area (Å²) in [6.07, 6.45) is 2.29. The van der Waals surface area contributed by atoms with E-state index in [1.165, 1.54) is 0 Å². The van der Waals surface area contributed by atoms with Gasteiger partial charge in [0.05, 0.1) is 10.6 Å². The van der Waals surface area contributed by atoms with Gasteiger partial charge in [-0.2, -0.15) is 0 Å². The minimum atomic E-state index is -3.14. The zero-order valence-electron chi connectivity index (χ0n) is 10.5. The molecule has 0 bridgehead atoms. The van der Waals surface area contributed by atoms with Crippen molar-refractivity contribution in [2.75, 3.05) is 5.75 Å². The van der Waals surface area contributed by atoms with Gasteiger partial charge in [-0.3, -0.25) is 0 Å². The fourth-order valence-electron chi connectivity index (χ4n) is 1.67. The van der Waals surface area contributed by atoms with Crippen molar-refractivity contribution in [2.45, 2.75) is 44.0 Å². The molecule has 2 N–H and O–H groups in total. The molecule has 0 heterocycles. The molecule has 1 unspecified atom stereocenters. The van der Waals surface area contributed by atoms with Crippen LogP contribution >= 0.6 is 0 Å². The van der Waals surface area contributed by atoms with Crippen LogP contribution in [-0.4, -0.2) is 20.2 Å². The maximum atomic E-state index is 12.0. The molecule has 0 spiro atoms. The smallest absolute Gasteiger partial charge is 0.178 e. The summed E-state index contributed by atoms with van der Waals surface area (Å²) in [6, 6.07) is 7.16. The van der Waals surface area contributed by atoms with Crippen LogP contribution in [0.5, 0.6) is 0 Å². The summed E-state index contributed by atoms with van der Waals surface area (Å²) in [4.78, 5) is 0.419. The highest BCUT2D eigenvalue weighted by atomic mass is 32.2. The van der Waals surface area contributed by atoms with E-state index in [0.717, 1.165) is 18.4 Å². The molecule has 17 heavy (non-hydrogen) atoms. The van der Waals surface area contributed by atoms with Crippen LogP contribution in [0.4, 0.5) is 0 Å². The molecular formula is C13H21NO2S. The van der Waals surface area contributed by atoms with Gasteiger partial charge in [-0.1, -0.05) is 19.1 Å². The van der Waals surface area contributed by atoms with Gasteiger partial charge in [0.1, 0.15) is 0 Å². The first-order chi connectivity index (χ1) is 7.95. The van der Waals surface area contributed by atoms with E-state index >= 15 is 0 Å². The molecule has 0 saturated heterocycles. The van der Waals surface area contributed by atoms with E-state index < -0.39 is 9.84 Å². The monoisotopic (exact) mass is 255 g/mol. The zero-order chi connectivity index (χ0) is 12.9. The largest absolute Gasteiger partial charge is 0.328 e. The molecule has 3 nitrogen and oxygen atoms in total. The Balaban J connectivity index is 2.63. The van der Waals surface area contributed by atoms with Gasteiger partial charge >= 0.3 is 0 Å². The van der Waals surface area contributed by atoms with Crippen LogP contribution in [0.3, 0.4) is 0 Å². The zero-order valence-corrected chi connectivity index (χ0v) is 11.3. The van der Waals surface area contributed by atoms with Crippen LogP contribution in [0.15, 0.2) is 29.2 Å². The molecule has 0 radical (unpaired) electrons. The Morgan fingerprint density at radius 1 is 1.35 bits per heavy atom. The number of nitrogens with two attached hydrogens (primary N) is 1. The predicted molar refractivity (Wildman–Crippen MR) is 70.7 cm³/mol. The van der Waals surface area contributed by atoms with Crippen molar-refractivity contribution in [1.82, 2.24) is 0 Å². The Morgan fingerprint density at radius 3 is 2.65 bits per heavy atom. The van der Waals surface area contributed by atoms with Crippen molar-refractivity contribution < 1.29 is 8.42 Å². The third-order valence-corrected chi connectivity index (χ3v) is 4.66. The Hall–Kier alpha value is -0.870. The summed E-state index contributed by atoms with van der Waals surface area (Å²) in [7, 11) is -3.14. The van der Waals surface area contributed by atoms with Crippen LogP contribution in [0.2, 0.25) is 0 Å². The lowest BCUT2D eigenvalue weighted by molar-refractivity contribution is 0.567. The van der Waals surface area contributed by atoms with Gasteiger partial charge in [-0.15, -0.1) is 0 Å². The number of aryl methyl sites for hydroxylation is 1. The molecule has 0 aliphatic heterocycles. The van der Waals surface area contributed by atoms with E-state index in [9.17, 15) is 8.42 Å². The molecule has 0 aliphatic carbocycles. The van der Waals surface area contributed by atoms with E-state index in [2.05, 4.69) is 0 Å². The third kappa shape index (κ3) is 4.48. The quantitative estimate of drug-likeness (QED) is 0.848. The van der Waals surface area contributed by atoms with Gasteiger partial charge in [0, 0.05) is 6.04 Å². The van der Waals surface area contributed by atoms with E-state index in [1.807, 2.05) is 19.9 Å². The molecule has 0 aliphatic rings. The summed E-state index contributed by atoms with van der Waals surface area (Å²) in [6.45, 7) is 3.91. The second-order valence-electron chi connectivity index (χ2n) is 4.45. The van der Waals surface area contributed by atoms with E-state index in [4.69, 9.17) is 5.73 Å². The first-order valence-electron chi connectivity index (χ1n) is 6.00. The number of rotatable bonds is 6. The number of benzene rings is 1. The van der Waals surface area contributed by atoms with Crippen molar-refractivity contribution in [3.8, 4) is 0 Å². The summed E-state index contributed by atoms with van der Waals surface area (Å²) >= 11 is 0. The third-order valence-electron chi connectivity index (χ3n) is 2.86. The van der Waals surface area contributed by atoms with Gasteiger partial charge in [0.15, 0.2) is 9.84 Å². The van der Waals surface area contributed by atoms with Gasteiger partial charge in [0.25, 0.3) is 0 Å². The SMILES string of the molecule is CCC(N)CCCS(=O)(=O)c1cccc(C)c1. The van der Waals surface area contributed by atoms with E-state index in [0.29, 0.717) is 11.3 Å². The number of hydrogen-bond acceptors (Lipinski definition) is 3. The van der Waals surface area contributed by atoms with Crippen LogP contribution in [0, 0.1) is 6.92 Å². The summed E-state index contributed by atoms with van der Waals surface area (Å²) < 4.78 is 24.0. The molecule has 1 aromatic rings. The summed E-state index contributed by atoms with van der Waals surface area (Å²) in [5, 5.41) is 0. The maximum Gasteiger partial charge on any atom is 0.178 e. The second kappa shape index (κ2) is 6.17. The minimum Gasteiger partial charge on any atom is -0.328 e. The topological polar surface area (TPSA) is 60.2 Å². The minimum absolute atomic E-state index is 0.114. The van der Waals surface area contributed by atoms with E-state index in [1.54, 1.807) is 18.2 Å². The lowest BCUT2D eigenvalue weighted by atomic mass is 10.1. The highest BCUT2D eigenvalue weighted by Gasteiger charge is 2.14. The molecule has 1 aromatic carbocycles. The molecule has 0 amide bonds. The lowest BCUT2D eigenvalue weighted by Crippen LogP contribution is -2.19. The van der Waals surface area contributed by atoms with Crippen LogP contribution in [0.25, 0.3) is 0 Å². The molecule has 0 fully saturated rings. The Kier molecular flexibility index (Phi) is 5.15. The number of sulfone groups is 1. The van der Waals surface area contributed by atoms with Crippen molar-refractivity contribution in [3.05, 3.63) is 29.8 Å². The predicted octanol–water partition coefficient (Wildman–Crippen LogP) is 2.29. The summed E-state index contributed by atoms with van der Waals surface area (Å²) in [5.74, 6) is 0.185. The maximum absolute atomic E-state index is 12.0. The average Bonchev–Trinajstić information content (AvgIpc) is 2.28. The molecule has 4 heteroatoms. The lowest BCUT2D eigenvalue weighted by Gasteiger charge is -2.09. The standard InChI is InChI=1S/C13H21NO2S/c1-3-12(14)7-5-9-17(15,16)13-8-4-6-11(2)10-13/h4,6,8,10,12H,3,5,7,9,14H2,1-2H3. The van der Waals surface area contributed by atoms with Crippen molar-refractivity contribution in [3.63, 3.8) is 0 Å². The van der Waals surface area contributed by atoms with Gasteiger partial charge in [-0.05, 0) is 43.9 Å². The van der Waals surface area contributed by atoms with Gasteiger partial charge < -0.3 is 5.73 Å². The molecular weight excluding hydrogens is 234 g/mol. The Labute approximate surface area is 104 Å². The second-order valence-corrected chi connectivity index (χ2v) is 6.56. The molecule has 0 aromatic heterocycles. The van der Waals surface area contributed by atoms with Gasteiger partial charge in [0.2, 0.25) is 0 Å². The highest BCUT2D eigenvalue weighted by Crippen LogP contribution is 2.14.